The molecule has 2 aromatic carbocycles. The van der Waals surface area contributed by atoms with Crippen molar-refractivity contribution in [3.8, 4) is 0 Å². The summed E-state index contributed by atoms with van der Waals surface area (Å²) in [6.45, 7) is 0. The van der Waals surface area contributed by atoms with E-state index in [0.29, 0.717) is 17.1 Å². The van der Waals surface area contributed by atoms with Crippen LogP contribution in [0.15, 0.2) is 36.4 Å². The zero-order chi connectivity index (χ0) is 14.9. The van der Waals surface area contributed by atoms with Crippen molar-refractivity contribution in [2.24, 2.45) is 5.73 Å². The summed E-state index contributed by atoms with van der Waals surface area (Å²) in [5.41, 5.74) is 12.0. The van der Waals surface area contributed by atoms with Gasteiger partial charge in [0.05, 0.1) is 21.4 Å². The summed E-state index contributed by atoms with van der Waals surface area (Å²) in [5, 5.41) is 0.115. The maximum absolute atomic E-state index is 13.2. The number of hydrogen-bond acceptors (Lipinski definition) is 2. The number of halogens is 3. The summed E-state index contributed by atoms with van der Waals surface area (Å²) >= 11 is 11.8. The lowest BCUT2D eigenvalue weighted by Crippen LogP contribution is -2.31. The van der Waals surface area contributed by atoms with E-state index in [-0.39, 0.29) is 10.0 Å². The molecule has 104 valence electrons. The molecule has 4 N–H and O–H groups in total. The van der Waals surface area contributed by atoms with Gasteiger partial charge in [-0.25, -0.2) is 9.18 Å². The van der Waals surface area contributed by atoms with Crippen molar-refractivity contribution in [3.05, 3.63) is 52.3 Å². The fourth-order valence-corrected chi connectivity index (χ4v) is 2.16. The Hall–Kier alpha value is -1.98. The fourth-order valence-electron chi connectivity index (χ4n) is 1.71. The quantitative estimate of drug-likeness (QED) is 0.824. The normalized spacial score (nSPS) is 10.3. The van der Waals surface area contributed by atoms with Crippen LogP contribution in [0.25, 0.3) is 0 Å². The van der Waals surface area contributed by atoms with Gasteiger partial charge in [-0.15, -0.1) is 0 Å². The van der Waals surface area contributed by atoms with Crippen LogP contribution in [0.3, 0.4) is 0 Å². The number of nitrogens with two attached hydrogens (primary N) is 2. The standard InChI is InChI=1S/C13H10Cl2FN3O/c14-9-6-8(2-3-11(9)16)19(13(18)20)12-4-1-7(17)5-10(12)15/h1-6H,17H2,(H2,18,20). The molecule has 0 spiro atoms. The van der Waals surface area contributed by atoms with E-state index in [1.54, 1.807) is 12.1 Å². The Balaban J connectivity index is 2.56. The summed E-state index contributed by atoms with van der Waals surface area (Å²) in [6.07, 6.45) is 0. The molecule has 20 heavy (non-hydrogen) atoms. The predicted molar refractivity (Wildman–Crippen MR) is 79.0 cm³/mol. The van der Waals surface area contributed by atoms with Crippen molar-refractivity contribution in [2.45, 2.75) is 0 Å². The number of benzene rings is 2. The van der Waals surface area contributed by atoms with Crippen LogP contribution in [0, 0.1) is 5.82 Å². The van der Waals surface area contributed by atoms with Gasteiger partial charge in [-0.1, -0.05) is 23.2 Å². The van der Waals surface area contributed by atoms with Crippen LogP contribution in [0.4, 0.5) is 26.2 Å². The lowest BCUT2D eigenvalue weighted by molar-refractivity contribution is 0.256. The van der Waals surface area contributed by atoms with E-state index < -0.39 is 11.8 Å². The van der Waals surface area contributed by atoms with Crippen LogP contribution < -0.4 is 16.4 Å². The second kappa shape index (κ2) is 5.56. The highest BCUT2D eigenvalue weighted by Crippen LogP contribution is 2.34. The van der Waals surface area contributed by atoms with E-state index in [1.807, 2.05) is 0 Å². The van der Waals surface area contributed by atoms with Crippen LogP contribution in [0.5, 0.6) is 0 Å². The zero-order valence-electron chi connectivity index (χ0n) is 10.1. The van der Waals surface area contributed by atoms with Gasteiger partial charge in [0.2, 0.25) is 0 Å². The summed E-state index contributed by atoms with van der Waals surface area (Å²) in [6, 6.07) is 7.62. The molecule has 2 amide bonds. The van der Waals surface area contributed by atoms with E-state index in [4.69, 9.17) is 34.7 Å². The molecule has 4 nitrogen and oxygen atoms in total. The maximum atomic E-state index is 13.2. The molecule has 2 rings (SSSR count). The number of nitrogen functional groups attached to an aromatic ring is 1. The molecule has 0 heterocycles. The van der Waals surface area contributed by atoms with Crippen LogP contribution in [-0.4, -0.2) is 6.03 Å². The van der Waals surface area contributed by atoms with E-state index in [9.17, 15) is 9.18 Å². The number of anilines is 3. The van der Waals surface area contributed by atoms with Crippen molar-refractivity contribution < 1.29 is 9.18 Å². The Bertz CT molecular complexity index is 679. The lowest BCUT2D eigenvalue weighted by atomic mass is 10.2. The van der Waals surface area contributed by atoms with Crippen molar-refractivity contribution in [2.75, 3.05) is 10.6 Å². The number of primary amides is 1. The predicted octanol–water partition coefficient (Wildman–Crippen LogP) is 3.93. The topological polar surface area (TPSA) is 72.4 Å². The lowest BCUT2D eigenvalue weighted by Gasteiger charge is -2.22. The Morgan fingerprint density at radius 3 is 2.35 bits per heavy atom. The van der Waals surface area contributed by atoms with E-state index >= 15 is 0 Å². The molecule has 0 saturated carbocycles. The third kappa shape index (κ3) is 2.79. The van der Waals surface area contributed by atoms with Crippen molar-refractivity contribution in [1.29, 1.82) is 0 Å². The Morgan fingerprint density at radius 1 is 1.10 bits per heavy atom. The Labute approximate surface area is 124 Å². The number of urea groups is 1. The summed E-state index contributed by atoms with van der Waals surface area (Å²) in [5.74, 6) is -0.594. The van der Waals surface area contributed by atoms with Crippen LogP contribution in [-0.2, 0) is 0 Å². The fraction of sp³-hybridized carbons (Fsp3) is 0. The molecule has 0 atom stereocenters. The van der Waals surface area contributed by atoms with Crippen LogP contribution in [0.2, 0.25) is 10.0 Å². The number of rotatable bonds is 2. The number of carbonyl (C=O) groups excluding carboxylic acids is 1. The molecule has 7 heteroatoms. The van der Waals surface area contributed by atoms with Gasteiger partial charge in [0.1, 0.15) is 5.82 Å². The number of amides is 2. The zero-order valence-corrected chi connectivity index (χ0v) is 11.6. The molecule has 0 aliphatic carbocycles. The summed E-state index contributed by atoms with van der Waals surface area (Å²) < 4.78 is 13.2. The first-order chi connectivity index (χ1) is 9.40. The van der Waals surface area contributed by atoms with E-state index in [2.05, 4.69) is 0 Å². The van der Waals surface area contributed by atoms with Crippen molar-refractivity contribution in [3.63, 3.8) is 0 Å². The van der Waals surface area contributed by atoms with Gasteiger partial charge in [-0.2, -0.15) is 0 Å². The second-order valence-corrected chi connectivity index (χ2v) is 4.80. The third-order valence-corrected chi connectivity index (χ3v) is 3.19. The van der Waals surface area contributed by atoms with Gasteiger partial charge in [0.25, 0.3) is 0 Å². The smallest absolute Gasteiger partial charge is 0.323 e. The van der Waals surface area contributed by atoms with E-state index in [0.717, 1.165) is 11.0 Å². The molecule has 0 unspecified atom stereocenters. The largest absolute Gasteiger partial charge is 0.399 e. The molecule has 0 aliphatic heterocycles. The average molecular weight is 314 g/mol. The highest BCUT2D eigenvalue weighted by molar-refractivity contribution is 6.34. The van der Waals surface area contributed by atoms with E-state index in [1.165, 1.54) is 18.2 Å². The molecule has 2 aromatic rings. The molecular formula is C13H10Cl2FN3O. The minimum Gasteiger partial charge on any atom is -0.399 e. The summed E-state index contributed by atoms with van der Waals surface area (Å²) in [7, 11) is 0. The van der Waals surface area contributed by atoms with Gasteiger partial charge >= 0.3 is 6.03 Å². The molecule has 0 bridgehead atoms. The number of carbonyl (C=O) groups is 1. The molecule has 0 fully saturated rings. The van der Waals surface area contributed by atoms with Crippen molar-refractivity contribution in [1.82, 2.24) is 0 Å². The Kier molecular flexibility index (Phi) is 4.01. The Morgan fingerprint density at radius 2 is 1.80 bits per heavy atom. The highest BCUT2D eigenvalue weighted by atomic mass is 35.5. The molecule has 0 saturated heterocycles. The minimum atomic E-state index is -0.778. The van der Waals surface area contributed by atoms with Gasteiger partial charge in [0.15, 0.2) is 0 Å². The van der Waals surface area contributed by atoms with Crippen molar-refractivity contribution >= 4 is 46.3 Å². The maximum Gasteiger partial charge on any atom is 0.323 e. The molecule has 0 aromatic heterocycles. The van der Waals surface area contributed by atoms with Gasteiger partial charge in [-0.05, 0) is 36.4 Å². The van der Waals surface area contributed by atoms with Gasteiger partial charge in [0, 0.05) is 5.69 Å². The molecule has 0 aliphatic rings. The monoisotopic (exact) mass is 313 g/mol. The van der Waals surface area contributed by atoms with Crippen LogP contribution >= 0.6 is 23.2 Å². The summed E-state index contributed by atoms with van der Waals surface area (Å²) in [4.78, 5) is 12.8. The first-order valence-corrected chi connectivity index (χ1v) is 6.25. The number of nitrogens with zero attached hydrogens (tertiary/aromatic N) is 1. The first kappa shape index (κ1) is 14.4. The molecule has 0 radical (unpaired) electrons. The minimum absolute atomic E-state index is 0.125. The van der Waals surface area contributed by atoms with Gasteiger partial charge < -0.3 is 11.5 Å². The first-order valence-electron chi connectivity index (χ1n) is 5.50. The van der Waals surface area contributed by atoms with Gasteiger partial charge in [-0.3, -0.25) is 4.90 Å². The SMILES string of the molecule is NC(=O)N(c1ccc(F)c(Cl)c1)c1ccc(N)cc1Cl. The second-order valence-electron chi connectivity index (χ2n) is 3.98. The third-order valence-electron chi connectivity index (χ3n) is 2.59. The number of hydrogen-bond donors (Lipinski definition) is 2. The average Bonchev–Trinajstić information content (AvgIpc) is 2.36. The van der Waals surface area contributed by atoms with Crippen LogP contribution in [0.1, 0.15) is 0 Å². The molecular weight excluding hydrogens is 304 g/mol. The highest BCUT2D eigenvalue weighted by Gasteiger charge is 2.19.